The van der Waals surface area contributed by atoms with Crippen LogP contribution in [0.5, 0.6) is 0 Å². The van der Waals surface area contributed by atoms with Gasteiger partial charge in [-0.25, -0.2) is 14.4 Å². The Morgan fingerprint density at radius 1 is 1.24 bits per heavy atom. The smallest absolute Gasteiger partial charge is 0.251 e. The lowest BCUT2D eigenvalue weighted by Gasteiger charge is -2.11. The Morgan fingerprint density at radius 3 is 2.48 bits per heavy atom. The highest BCUT2D eigenvalue weighted by atomic mass is 19.1. The molecule has 0 spiro atoms. The lowest BCUT2D eigenvalue weighted by Crippen LogP contribution is -2.19. The van der Waals surface area contributed by atoms with Gasteiger partial charge in [0, 0.05) is 35.6 Å². The second kappa shape index (κ2) is 9.19. The van der Waals surface area contributed by atoms with Gasteiger partial charge in [0.1, 0.15) is 17.5 Å². The van der Waals surface area contributed by atoms with Crippen LogP contribution < -0.4 is 22.5 Å². The minimum absolute atomic E-state index is 0.0274. The van der Waals surface area contributed by atoms with E-state index in [1.54, 1.807) is 19.1 Å². The largest absolute Gasteiger partial charge is 0.401 e. The van der Waals surface area contributed by atoms with E-state index >= 15 is 0 Å². The molecule has 7 nitrogen and oxygen atoms in total. The molecule has 0 aliphatic carbocycles. The summed E-state index contributed by atoms with van der Waals surface area (Å²) in [7, 11) is 1.45. The zero-order valence-corrected chi connectivity index (χ0v) is 16.1. The first-order valence-electron chi connectivity index (χ1n) is 8.47. The molecular weight excluding hydrogens is 371 g/mol. The molecule has 148 valence electrons. The van der Waals surface area contributed by atoms with Gasteiger partial charge in [0.15, 0.2) is 0 Å². The van der Waals surface area contributed by atoms with Gasteiger partial charge in [-0.1, -0.05) is 18.4 Å². The van der Waals surface area contributed by atoms with Gasteiger partial charge in [0.25, 0.3) is 5.91 Å². The Balaban J connectivity index is 2.63. The molecule has 1 heterocycles. The van der Waals surface area contributed by atoms with Crippen LogP contribution in [0.4, 0.5) is 10.2 Å². The molecule has 0 unspecified atom stereocenters. The van der Waals surface area contributed by atoms with E-state index in [1.165, 1.54) is 25.4 Å². The van der Waals surface area contributed by atoms with Crippen LogP contribution in [-0.4, -0.2) is 23.7 Å². The molecule has 1 aromatic heterocycles. The van der Waals surface area contributed by atoms with E-state index in [2.05, 4.69) is 33.7 Å². The topological polar surface area (TPSA) is 132 Å². The van der Waals surface area contributed by atoms with Gasteiger partial charge in [-0.3, -0.25) is 4.79 Å². The predicted molar refractivity (Wildman–Crippen MR) is 112 cm³/mol. The summed E-state index contributed by atoms with van der Waals surface area (Å²) in [5.74, 6) is 5.08. The third-order valence-corrected chi connectivity index (χ3v) is 3.67. The molecule has 0 saturated carbocycles. The predicted octanol–water partition coefficient (Wildman–Crippen LogP) is 1.67. The summed E-state index contributed by atoms with van der Waals surface area (Å²) in [6.45, 7) is 5.19. The van der Waals surface area contributed by atoms with E-state index in [4.69, 9.17) is 17.2 Å². The Morgan fingerprint density at radius 2 is 1.93 bits per heavy atom. The monoisotopic (exact) mass is 392 g/mol. The van der Waals surface area contributed by atoms with Crippen molar-refractivity contribution in [1.82, 2.24) is 10.3 Å². The Bertz CT molecular complexity index is 1070. The normalized spacial score (nSPS) is 11.8. The molecule has 29 heavy (non-hydrogen) atoms. The zero-order valence-electron chi connectivity index (χ0n) is 16.1. The minimum atomic E-state index is -0.624. The molecule has 0 saturated heterocycles. The van der Waals surface area contributed by atoms with E-state index in [1.807, 2.05) is 0 Å². The number of nitrogens with zero attached hydrogens (tertiary/aromatic N) is 2. The molecular formula is C21H21FN6O. The molecule has 7 N–H and O–H groups in total. The fraction of sp³-hybridized carbons (Fsp3) is 0.0952. The number of pyridine rings is 1. The van der Waals surface area contributed by atoms with E-state index in [-0.39, 0.29) is 22.7 Å². The van der Waals surface area contributed by atoms with Crippen molar-refractivity contribution in [3.63, 3.8) is 0 Å². The summed E-state index contributed by atoms with van der Waals surface area (Å²) in [6.07, 6.45) is 1.51. The number of nitrogens with two attached hydrogens (primary N) is 3. The number of rotatable bonds is 4. The van der Waals surface area contributed by atoms with Crippen molar-refractivity contribution >= 4 is 17.4 Å². The number of halogens is 1. The number of anilines is 1. The van der Waals surface area contributed by atoms with Crippen molar-refractivity contribution in [2.75, 3.05) is 12.8 Å². The van der Waals surface area contributed by atoms with Crippen LogP contribution in [0.3, 0.4) is 0 Å². The quantitative estimate of drug-likeness (QED) is 0.464. The van der Waals surface area contributed by atoms with Gasteiger partial charge in [0.2, 0.25) is 0 Å². The highest BCUT2D eigenvalue weighted by Gasteiger charge is 2.16. The van der Waals surface area contributed by atoms with Gasteiger partial charge >= 0.3 is 0 Å². The van der Waals surface area contributed by atoms with Crippen molar-refractivity contribution in [3.05, 3.63) is 82.7 Å². The van der Waals surface area contributed by atoms with Crippen LogP contribution in [0, 0.1) is 17.7 Å². The number of hydrogen-bond acceptors (Lipinski definition) is 6. The summed E-state index contributed by atoms with van der Waals surface area (Å²) in [5, 5.41) is 2.45. The first-order valence-corrected chi connectivity index (χ1v) is 8.47. The molecule has 2 rings (SSSR count). The van der Waals surface area contributed by atoms with Crippen molar-refractivity contribution in [3.8, 4) is 11.8 Å². The number of amides is 1. The highest BCUT2D eigenvalue weighted by Crippen LogP contribution is 2.17. The second-order valence-electron chi connectivity index (χ2n) is 6.04. The summed E-state index contributed by atoms with van der Waals surface area (Å²) < 4.78 is 14.2. The zero-order chi connectivity index (χ0) is 21.6. The average molecular weight is 392 g/mol. The molecule has 0 fully saturated rings. The number of carbonyl (C=O) groups is 1. The maximum atomic E-state index is 14.2. The Kier molecular flexibility index (Phi) is 6.71. The SMILES string of the molecule is C=C(N)/N=C(\C(C#Cc1ccc(N)nc1)=C(\C)N)c1cc(F)cc(C(=O)NC)c1. The van der Waals surface area contributed by atoms with E-state index in [0.717, 1.165) is 6.07 Å². The second-order valence-corrected chi connectivity index (χ2v) is 6.04. The summed E-state index contributed by atoms with van der Waals surface area (Å²) in [4.78, 5) is 20.1. The van der Waals surface area contributed by atoms with Crippen LogP contribution in [-0.2, 0) is 0 Å². The van der Waals surface area contributed by atoms with Crippen LogP contribution in [0.2, 0.25) is 0 Å². The Hall–Kier alpha value is -4.12. The fourth-order valence-corrected chi connectivity index (χ4v) is 2.37. The third-order valence-electron chi connectivity index (χ3n) is 3.67. The molecule has 0 bridgehead atoms. The number of allylic oxidation sites excluding steroid dienone is 2. The first-order chi connectivity index (χ1) is 13.7. The number of aliphatic imine (C=N–C) groups is 1. The van der Waals surface area contributed by atoms with Crippen LogP contribution in [0.1, 0.15) is 28.4 Å². The number of nitrogens with one attached hydrogen (secondary N) is 1. The van der Waals surface area contributed by atoms with Crippen molar-refractivity contribution in [1.29, 1.82) is 0 Å². The van der Waals surface area contributed by atoms with Crippen molar-refractivity contribution < 1.29 is 9.18 Å². The van der Waals surface area contributed by atoms with Crippen molar-refractivity contribution in [2.45, 2.75) is 6.92 Å². The molecule has 0 aliphatic heterocycles. The molecule has 0 aliphatic rings. The lowest BCUT2D eigenvalue weighted by molar-refractivity contribution is 0.0962. The maximum Gasteiger partial charge on any atom is 0.251 e. The minimum Gasteiger partial charge on any atom is -0.401 e. The highest BCUT2D eigenvalue weighted by molar-refractivity contribution is 6.17. The number of nitrogen functional groups attached to an aromatic ring is 1. The van der Waals surface area contributed by atoms with Crippen LogP contribution in [0.15, 0.2) is 65.2 Å². The van der Waals surface area contributed by atoms with E-state index in [0.29, 0.717) is 22.7 Å². The number of aromatic nitrogens is 1. The van der Waals surface area contributed by atoms with E-state index < -0.39 is 11.7 Å². The standard InChI is InChI=1S/C21H21FN6O/c1-12(23)18(6-4-14-5-7-19(25)27-11-14)20(28-13(2)24)15-8-16(21(29)26-3)10-17(22)9-15/h5,7-11H,2,23-24H2,1,3H3,(H2,25,27)(H,26,29)/b18-12-,28-20-. The van der Waals surface area contributed by atoms with Crippen molar-refractivity contribution in [2.24, 2.45) is 16.5 Å². The first kappa shape index (κ1) is 21.2. The maximum absolute atomic E-state index is 14.2. The number of hydrogen-bond donors (Lipinski definition) is 4. The molecule has 1 amide bonds. The third kappa shape index (κ3) is 5.68. The number of benzene rings is 1. The van der Waals surface area contributed by atoms with Gasteiger partial charge in [-0.2, -0.15) is 0 Å². The number of carbonyl (C=O) groups excluding carboxylic acids is 1. The van der Waals surface area contributed by atoms with Crippen LogP contribution in [0.25, 0.3) is 0 Å². The summed E-state index contributed by atoms with van der Waals surface area (Å²) in [5.41, 5.74) is 19.1. The van der Waals surface area contributed by atoms with Crippen LogP contribution >= 0.6 is 0 Å². The molecule has 1 aromatic carbocycles. The van der Waals surface area contributed by atoms with E-state index in [9.17, 15) is 9.18 Å². The summed E-state index contributed by atoms with van der Waals surface area (Å²) >= 11 is 0. The van der Waals surface area contributed by atoms with Gasteiger partial charge in [-0.05, 0) is 37.3 Å². The van der Waals surface area contributed by atoms with Gasteiger partial charge in [-0.15, -0.1) is 0 Å². The molecule has 0 atom stereocenters. The van der Waals surface area contributed by atoms with Gasteiger partial charge < -0.3 is 22.5 Å². The molecule has 2 aromatic rings. The Labute approximate surface area is 168 Å². The summed E-state index contributed by atoms with van der Waals surface area (Å²) in [6, 6.07) is 7.11. The average Bonchev–Trinajstić information content (AvgIpc) is 2.67. The molecule has 0 radical (unpaired) electrons. The van der Waals surface area contributed by atoms with Gasteiger partial charge in [0.05, 0.1) is 11.3 Å². The molecule has 8 heteroatoms. The fourth-order valence-electron chi connectivity index (χ4n) is 2.37. The lowest BCUT2D eigenvalue weighted by atomic mass is 9.98.